The zero-order valence-electron chi connectivity index (χ0n) is 17.6. The number of nitrogens with zero attached hydrogens (tertiary/aromatic N) is 3. The number of carbonyl (C=O) groups is 1. The number of methoxy groups -OCH3 is 1. The molecule has 0 aromatic carbocycles. The second kappa shape index (κ2) is 8.76. The Morgan fingerprint density at radius 1 is 1.39 bits per heavy atom. The Labute approximate surface area is 171 Å². The van der Waals surface area contributed by atoms with E-state index in [2.05, 4.69) is 55.8 Å². The average Bonchev–Trinajstić information content (AvgIpc) is 3.32. The fourth-order valence-electron chi connectivity index (χ4n) is 3.99. The Morgan fingerprint density at radius 3 is 2.82 bits per heavy atom. The molecule has 2 atom stereocenters. The minimum absolute atomic E-state index is 0.0423. The number of ether oxygens (including phenoxy) is 1. The zero-order valence-corrected chi connectivity index (χ0v) is 18.4. The van der Waals surface area contributed by atoms with E-state index in [4.69, 9.17) is 4.74 Å². The van der Waals surface area contributed by atoms with Crippen molar-refractivity contribution in [1.82, 2.24) is 20.0 Å². The van der Waals surface area contributed by atoms with Gasteiger partial charge in [-0.1, -0.05) is 0 Å². The van der Waals surface area contributed by atoms with Gasteiger partial charge in [0.2, 0.25) is 5.91 Å². The van der Waals surface area contributed by atoms with E-state index in [-0.39, 0.29) is 23.4 Å². The van der Waals surface area contributed by atoms with Crippen molar-refractivity contribution >= 4 is 17.2 Å². The number of hydrogen-bond donors (Lipinski definition) is 1. The van der Waals surface area contributed by atoms with Gasteiger partial charge in [-0.05, 0) is 44.7 Å². The van der Waals surface area contributed by atoms with Crippen LogP contribution in [0.2, 0.25) is 0 Å². The summed E-state index contributed by atoms with van der Waals surface area (Å²) < 4.78 is 7.06. The minimum Gasteiger partial charge on any atom is -0.383 e. The highest BCUT2D eigenvalue weighted by atomic mass is 32.1. The topological polar surface area (TPSA) is 59.4 Å². The van der Waals surface area contributed by atoms with E-state index in [9.17, 15) is 4.79 Å². The Bertz CT molecular complexity index is 792. The Balaban J connectivity index is 1.76. The predicted octanol–water partition coefficient (Wildman–Crippen LogP) is 3.38. The molecule has 0 aliphatic carbocycles. The molecule has 2 aromatic rings. The van der Waals surface area contributed by atoms with Crippen molar-refractivity contribution in [1.29, 1.82) is 0 Å². The molecule has 1 aliphatic rings. The summed E-state index contributed by atoms with van der Waals surface area (Å²) in [7, 11) is 1.69. The van der Waals surface area contributed by atoms with Crippen LogP contribution in [0.1, 0.15) is 49.2 Å². The van der Waals surface area contributed by atoms with Gasteiger partial charge < -0.3 is 15.0 Å². The Hall–Kier alpha value is -1.70. The lowest BCUT2D eigenvalue weighted by Gasteiger charge is -2.38. The molecule has 0 saturated carbocycles. The van der Waals surface area contributed by atoms with Crippen LogP contribution in [-0.2, 0) is 22.6 Å². The molecule has 1 amide bonds. The van der Waals surface area contributed by atoms with Crippen LogP contribution in [-0.4, -0.2) is 46.4 Å². The number of carbonyl (C=O) groups excluding carboxylic acids is 1. The molecule has 2 aromatic heterocycles. The molecule has 1 saturated heterocycles. The third kappa shape index (κ3) is 4.64. The summed E-state index contributed by atoms with van der Waals surface area (Å²) in [5, 5.41) is 10.2. The summed E-state index contributed by atoms with van der Waals surface area (Å²) in [5.74, 6) is 0.452. The van der Waals surface area contributed by atoms with Crippen LogP contribution in [0.25, 0.3) is 0 Å². The normalized spacial score (nSPS) is 20.3. The third-order valence-electron chi connectivity index (χ3n) is 5.33. The number of aryl methyl sites for hydroxylation is 1. The first-order valence-corrected chi connectivity index (χ1v) is 10.8. The van der Waals surface area contributed by atoms with Crippen molar-refractivity contribution in [2.24, 2.45) is 5.92 Å². The van der Waals surface area contributed by atoms with Gasteiger partial charge in [-0.2, -0.15) is 5.10 Å². The van der Waals surface area contributed by atoms with Gasteiger partial charge in [0.1, 0.15) is 0 Å². The van der Waals surface area contributed by atoms with Crippen LogP contribution in [0.3, 0.4) is 0 Å². The van der Waals surface area contributed by atoms with Gasteiger partial charge >= 0.3 is 0 Å². The maximum absolute atomic E-state index is 12.9. The lowest BCUT2D eigenvalue weighted by atomic mass is 9.93. The standard InChI is InChI=1S/C21H32N4O2S/c1-15-6-9-28-18(15)13-22-11-16-10-19(26)25(21(2,3)4)20(16)17-12-23-24(14-17)7-8-27-5/h6,9,12,14,16,20,22H,7-8,10-11,13H2,1-5H3/t16-,20+/m0/s1. The molecule has 28 heavy (non-hydrogen) atoms. The number of nitrogens with one attached hydrogen (secondary N) is 1. The van der Waals surface area contributed by atoms with E-state index in [1.165, 1.54) is 10.4 Å². The predicted molar refractivity (Wildman–Crippen MR) is 112 cm³/mol. The van der Waals surface area contributed by atoms with E-state index in [0.717, 1.165) is 18.7 Å². The smallest absolute Gasteiger partial charge is 0.223 e. The molecule has 0 unspecified atom stereocenters. The number of aromatic nitrogens is 2. The monoisotopic (exact) mass is 404 g/mol. The maximum Gasteiger partial charge on any atom is 0.223 e. The number of thiophene rings is 1. The van der Waals surface area contributed by atoms with E-state index in [0.29, 0.717) is 19.6 Å². The molecule has 6 nitrogen and oxygen atoms in total. The van der Waals surface area contributed by atoms with Crippen LogP contribution in [0.4, 0.5) is 0 Å². The molecule has 1 aliphatic heterocycles. The number of likely N-dealkylation sites (tertiary alicyclic amines) is 1. The summed E-state index contributed by atoms with van der Waals surface area (Å²) in [6, 6.07) is 2.19. The molecule has 154 valence electrons. The number of rotatable bonds is 8. The molecule has 1 fully saturated rings. The fourth-order valence-corrected chi connectivity index (χ4v) is 4.87. The molecular weight excluding hydrogens is 372 g/mol. The van der Waals surface area contributed by atoms with E-state index in [1.807, 2.05) is 15.8 Å². The Morgan fingerprint density at radius 2 is 2.18 bits per heavy atom. The summed E-state index contributed by atoms with van der Waals surface area (Å²) in [6.45, 7) is 11.5. The molecule has 7 heteroatoms. The molecular formula is C21H32N4O2S. The molecule has 3 heterocycles. The summed E-state index contributed by atoms with van der Waals surface area (Å²) in [6.07, 6.45) is 4.55. The van der Waals surface area contributed by atoms with E-state index < -0.39 is 0 Å². The summed E-state index contributed by atoms with van der Waals surface area (Å²) in [5.41, 5.74) is 2.21. The van der Waals surface area contributed by atoms with Gasteiger partial charge in [-0.25, -0.2) is 0 Å². The first kappa shape index (κ1) is 21.0. The molecule has 1 N–H and O–H groups in total. The molecule has 3 rings (SSSR count). The van der Waals surface area contributed by atoms with Crippen molar-refractivity contribution < 1.29 is 9.53 Å². The zero-order chi connectivity index (χ0) is 20.3. The highest BCUT2D eigenvalue weighted by molar-refractivity contribution is 7.10. The van der Waals surface area contributed by atoms with Crippen molar-refractivity contribution in [3.05, 3.63) is 39.8 Å². The lowest BCUT2D eigenvalue weighted by molar-refractivity contribution is -0.133. The van der Waals surface area contributed by atoms with Gasteiger partial charge in [0.25, 0.3) is 0 Å². The molecule has 0 radical (unpaired) electrons. The first-order chi connectivity index (χ1) is 13.3. The van der Waals surface area contributed by atoms with Gasteiger partial charge in [-0.3, -0.25) is 9.48 Å². The quantitative estimate of drug-likeness (QED) is 0.733. The largest absolute Gasteiger partial charge is 0.383 e. The van der Waals surface area contributed by atoms with Gasteiger partial charge in [0.05, 0.1) is 25.4 Å². The van der Waals surface area contributed by atoms with Crippen LogP contribution >= 0.6 is 11.3 Å². The second-order valence-electron chi connectivity index (χ2n) is 8.53. The van der Waals surface area contributed by atoms with Crippen LogP contribution in [0.5, 0.6) is 0 Å². The highest BCUT2D eigenvalue weighted by Gasteiger charge is 2.45. The van der Waals surface area contributed by atoms with Crippen LogP contribution < -0.4 is 5.32 Å². The summed E-state index contributed by atoms with van der Waals surface area (Å²) >= 11 is 1.78. The molecule has 0 bridgehead atoms. The number of amides is 1. The maximum atomic E-state index is 12.9. The van der Waals surface area contributed by atoms with Crippen molar-refractivity contribution in [3.8, 4) is 0 Å². The van der Waals surface area contributed by atoms with Gasteiger partial charge in [0, 0.05) is 54.7 Å². The van der Waals surface area contributed by atoms with Gasteiger partial charge in [0.15, 0.2) is 0 Å². The molecule has 0 spiro atoms. The Kier molecular flexibility index (Phi) is 6.58. The van der Waals surface area contributed by atoms with Crippen LogP contribution in [0.15, 0.2) is 23.8 Å². The average molecular weight is 405 g/mol. The number of hydrogen-bond acceptors (Lipinski definition) is 5. The van der Waals surface area contributed by atoms with Crippen molar-refractivity contribution in [3.63, 3.8) is 0 Å². The fraction of sp³-hybridized carbons (Fsp3) is 0.619. The lowest BCUT2D eigenvalue weighted by Crippen LogP contribution is -2.44. The van der Waals surface area contributed by atoms with Crippen LogP contribution in [0, 0.1) is 12.8 Å². The van der Waals surface area contributed by atoms with Gasteiger partial charge in [-0.15, -0.1) is 11.3 Å². The van der Waals surface area contributed by atoms with E-state index >= 15 is 0 Å². The van der Waals surface area contributed by atoms with E-state index in [1.54, 1.807) is 18.4 Å². The van der Waals surface area contributed by atoms with Crippen molar-refractivity contribution in [2.45, 2.75) is 58.8 Å². The second-order valence-corrected chi connectivity index (χ2v) is 9.53. The summed E-state index contributed by atoms with van der Waals surface area (Å²) in [4.78, 5) is 16.3. The first-order valence-electron chi connectivity index (χ1n) is 9.88. The minimum atomic E-state index is -0.227. The SMILES string of the molecule is COCCn1cc([C@H]2[C@H](CNCc3sccc3C)CC(=O)N2C(C)(C)C)cn1. The third-order valence-corrected chi connectivity index (χ3v) is 6.36. The van der Waals surface area contributed by atoms with Crippen molar-refractivity contribution in [2.75, 3.05) is 20.3 Å². The highest BCUT2D eigenvalue weighted by Crippen LogP contribution is 2.42.